The Morgan fingerprint density at radius 2 is 2.53 bits per heavy atom. The zero-order chi connectivity index (χ0) is 10.7. The number of rotatable bonds is 3. The van der Waals surface area contributed by atoms with Crippen molar-refractivity contribution in [3.63, 3.8) is 0 Å². The summed E-state index contributed by atoms with van der Waals surface area (Å²) >= 11 is 0. The van der Waals surface area contributed by atoms with E-state index in [1.165, 1.54) is 0 Å². The van der Waals surface area contributed by atoms with Gasteiger partial charge in [0.05, 0.1) is 18.8 Å². The van der Waals surface area contributed by atoms with Gasteiger partial charge in [0.25, 0.3) is 0 Å². The second-order valence-electron chi connectivity index (χ2n) is 3.82. The van der Waals surface area contributed by atoms with Gasteiger partial charge in [-0.3, -0.25) is 4.79 Å². The second kappa shape index (κ2) is 4.49. The molecule has 0 spiro atoms. The Balaban J connectivity index is 1.99. The van der Waals surface area contributed by atoms with E-state index in [4.69, 9.17) is 4.42 Å². The average Bonchev–Trinajstić information content (AvgIpc) is 2.74. The first-order valence-corrected chi connectivity index (χ1v) is 5.29. The minimum Gasteiger partial charge on any atom is -0.467 e. The molecule has 1 fully saturated rings. The Morgan fingerprint density at radius 3 is 3.20 bits per heavy atom. The molecule has 1 unspecified atom stereocenters. The normalized spacial score (nSPS) is 22.1. The summed E-state index contributed by atoms with van der Waals surface area (Å²) in [5.41, 5.74) is 0. The summed E-state index contributed by atoms with van der Waals surface area (Å²) < 4.78 is 5.24. The largest absolute Gasteiger partial charge is 0.467 e. The van der Waals surface area contributed by atoms with Gasteiger partial charge in [0.15, 0.2) is 0 Å². The minimum absolute atomic E-state index is 0.0197. The molecule has 1 aliphatic heterocycles. The second-order valence-corrected chi connectivity index (χ2v) is 3.82. The number of carbonyl (C=O) groups excluding carboxylic acids is 1. The molecule has 1 aromatic heterocycles. The highest BCUT2D eigenvalue weighted by molar-refractivity contribution is 5.82. The number of nitrogens with zero attached hydrogens (tertiary/aromatic N) is 1. The van der Waals surface area contributed by atoms with Gasteiger partial charge in [0, 0.05) is 6.54 Å². The number of amides is 1. The van der Waals surface area contributed by atoms with Crippen LogP contribution in [0.4, 0.5) is 0 Å². The number of nitrogens with one attached hydrogen (secondary N) is 1. The molecule has 4 nitrogen and oxygen atoms in total. The molecule has 0 aliphatic carbocycles. The standard InChI is InChI=1S/C11H16N2O2/c1-12-10-5-2-6-13(11(10)14)8-9-4-3-7-15-9/h3-4,7,10,12H,2,5-6,8H2,1H3. The Labute approximate surface area is 89.2 Å². The van der Waals surface area contributed by atoms with E-state index in [-0.39, 0.29) is 11.9 Å². The number of hydrogen-bond acceptors (Lipinski definition) is 3. The fraction of sp³-hybridized carbons (Fsp3) is 0.545. The van der Waals surface area contributed by atoms with Crippen LogP contribution in [-0.2, 0) is 11.3 Å². The highest BCUT2D eigenvalue weighted by Crippen LogP contribution is 2.15. The number of likely N-dealkylation sites (N-methyl/N-ethyl adjacent to an activating group) is 1. The van der Waals surface area contributed by atoms with Gasteiger partial charge in [-0.15, -0.1) is 0 Å². The maximum Gasteiger partial charge on any atom is 0.240 e. The van der Waals surface area contributed by atoms with Crippen LogP contribution in [0.25, 0.3) is 0 Å². The molecule has 1 aromatic rings. The van der Waals surface area contributed by atoms with Crippen LogP contribution in [-0.4, -0.2) is 30.4 Å². The van der Waals surface area contributed by atoms with Gasteiger partial charge in [0.1, 0.15) is 5.76 Å². The van der Waals surface area contributed by atoms with Crippen LogP contribution in [0, 0.1) is 0 Å². The molecular weight excluding hydrogens is 192 g/mol. The van der Waals surface area contributed by atoms with Gasteiger partial charge in [-0.25, -0.2) is 0 Å². The monoisotopic (exact) mass is 208 g/mol. The molecule has 2 heterocycles. The highest BCUT2D eigenvalue weighted by atomic mass is 16.3. The van der Waals surface area contributed by atoms with E-state index in [0.717, 1.165) is 25.1 Å². The van der Waals surface area contributed by atoms with Crippen LogP contribution < -0.4 is 5.32 Å². The third-order valence-electron chi connectivity index (χ3n) is 2.81. The van der Waals surface area contributed by atoms with E-state index in [9.17, 15) is 4.79 Å². The van der Waals surface area contributed by atoms with Crippen LogP contribution in [0.3, 0.4) is 0 Å². The molecule has 0 saturated carbocycles. The Morgan fingerprint density at radius 1 is 1.67 bits per heavy atom. The lowest BCUT2D eigenvalue weighted by Crippen LogP contribution is -2.49. The van der Waals surface area contributed by atoms with Crippen molar-refractivity contribution in [2.75, 3.05) is 13.6 Å². The minimum atomic E-state index is -0.0197. The van der Waals surface area contributed by atoms with E-state index in [1.807, 2.05) is 24.1 Å². The van der Waals surface area contributed by atoms with Gasteiger partial charge in [-0.2, -0.15) is 0 Å². The maximum atomic E-state index is 11.9. The van der Waals surface area contributed by atoms with Crippen molar-refractivity contribution < 1.29 is 9.21 Å². The zero-order valence-corrected chi connectivity index (χ0v) is 8.90. The molecule has 4 heteroatoms. The quantitative estimate of drug-likeness (QED) is 0.805. The number of likely N-dealkylation sites (tertiary alicyclic amines) is 1. The molecule has 1 aliphatic rings. The molecule has 1 saturated heterocycles. The third-order valence-corrected chi connectivity index (χ3v) is 2.81. The summed E-state index contributed by atoms with van der Waals surface area (Å²) in [7, 11) is 1.83. The molecular formula is C11H16N2O2. The van der Waals surface area contributed by atoms with Crippen LogP contribution in [0.2, 0.25) is 0 Å². The number of piperidine rings is 1. The summed E-state index contributed by atoms with van der Waals surface area (Å²) in [5, 5.41) is 3.04. The molecule has 0 aromatic carbocycles. The number of furan rings is 1. The highest BCUT2D eigenvalue weighted by Gasteiger charge is 2.27. The smallest absolute Gasteiger partial charge is 0.240 e. The van der Waals surface area contributed by atoms with Crippen molar-refractivity contribution in [3.05, 3.63) is 24.2 Å². The topological polar surface area (TPSA) is 45.5 Å². The molecule has 1 amide bonds. The summed E-state index contributed by atoms with van der Waals surface area (Å²) in [6, 6.07) is 3.73. The number of carbonyl (C=O) groups is 1. The predicted octanol–water partition coefficient (Wildman–Crippen LogP) is 0.990. The molecule has 2 rings (SSSR count). The van der Waals surface area contributed by atoms with Crippen molar-refractivity contribution >= 4 is 5.91 Å². The first-order chi connectivity index (χ1) is 7.31. The molecule has 15 heavy (non-hydrogen) atoms. The summed E-state index contributed by atoms with van der Waals surface area (Å²) in [6.07, 6.45) is 3.63. The SMILES string of the molecule is CNC1CCCN(Cc2ccco2)C1=O. The molecule has 82 valence electrons. The molecule has 1 atom stereocenters. The molecule has 1 N–H and O–H groups in total. The van der Waals surface area contributed by atoms with Crippen molar-refractivity contribution in [1.82, 2.24) is 10.2 Å². The van der Waals surface area contributed by atoms with Crippen molar-refractivity contribution in [3.8, 4) is 0 Å². The summed E-state index contributed by atoms with van der Waals surface area (Å²) in [6.45, 7) is 1.42. The van der Waals surface area contributed by atoms with Gasteiger partial charge >= 0.3 is 0 Å². The van der Waals surface area contributed by atoms with E-state index in [0.29, 0.717) is 6.54 Å². The van der Waals surface area contributed by atoms with Gasteiger partial charge in [0.2, 0.25) is 5.91 Å². The Hall–Kier alpha value is -1.29. The first-order valence-electron chi connectivity index (χ1n) is 5.29. The van der Waals surface area contributed by atoms with E-state index in [2.05, 4.69) is 5.32 Å². The molecule has 0 bridgehead atoms. The van der Waals surface area contributed by atoms with E-state index >= 15 is 0 Å². The van der Waals surface area contributed by atoms with Crippen molar-refractivity contribution in [1.29, 1.82) is 0 Å². The van der Waals surface area contributed by atoms with Crippen molar-refractivity contribution in [2.24, 2.45) is 0 Å². The maximum absolute atomic E-state index is 11.9. The zero-order valence-electron chi connectivity index (χ0n) is 8.90. The lowest BCUT2D eigenvalue weighted by molar-refractivity contribution is -0.136. The molecule has 0 radical (unpaired) electrons. The summed E-state index contributed by atoms with van der Waals surface area (Å²) in [4.78, 5) is 13.8. The first kappa shape index (κ1) is 10.2. The van der Waals surface area contributed by atoms with E-state index in [1.54, 1.807) is 6.26 Å². The van der Waals surface area contributed by atoms with Crippen molar-refractivity contribution in [2.45, 2.75) is 25.4 Å². The fourth-order valence-corrected chi connectivity index (χ4v) is 1.96. The fourth-order valence-electron chi connectivity index (χ4n) is 1.96. The van der Waals surface area contributed by atoms with Gasteiger partial charge in [-0.1, -0.05) is 0 Å². The lowest BCUT2D eigenvalue weighted by atomic mass is 10.1. The van der Waals surface area contributed by atoms with Crippen LogP contribution in [0.15, 0.2) is 22.8 Å². The Kier molecular flexibility index (Phi) is 3.06. The summed E-state index contributed by atoms with van der Waals surface area (Å²) in [5.74, 6) is 1.03. The van der Waals surface area contributed by atoms with Gasteiger partial charge in [-0.05, 0) is 32.0 Å². The van der Waals surface area contributed by atoms with Gasteiger partial charge < -0.3 is 14.6 Å². The van der Waals surface area contributed by atoms with Crippen LogP contribution in [0.1, 0.15) is 18.6 Å². The average molecular weight is 208 g/mol. The Bertz CT molecular complexity index is 321. The van der Waals surface area contributed by atoms with E-state index < -0.39 is 0 Å². The van der Waals surface area contributed by atoms with Crippen LogP contribution in [0.5, 0.6) is 0 Å². The third kappa shape index (κ3) is 2.21. The predicted molar refractivity (Wildman–Crippen MR) is 56.2 cm³/mol. The number of hydrogen-bond donors (Lipinski definition) is 1. The lowest BCUT2D eigenvalue weighted by Gasteiger charge is -2.31. The van der Waals surface area contributed by atoms with Crippen LogP contribution >= 0.6 is 0 Å².